The molecule has 1 aliphatic carbocycles. The zero-order valence-corrected chi connectivity index (χ0v) is 10.9. The van der Waals surface area contributed by atoms with Crippen molar-refractivity contribution in [3.05, 3.63) is 22.8 Å². The normalized spacial score (nSPS) is 23.0. The molecule has 0 aliphatic heterocycles. The van der Waals surface area contributed by atoms with E-state index in [1.165, 1.54) is 11.6 Å². The zero-order chi connectivity index (χ0) is 9.84. The molecule has 0 aromatic carbocycles. The van der Waals surface area contributed by atoms with Gasteiger partial charge in [-0.2, -0.15) is 0 Å². The first kappa shape index (κ1) is 11.4. The Bertz CT molecular complexity index is 231. The van der Waals surface area contributed by atoms with Crippen LogP contribution in [0.25, 0.3) is 0 Å². The zero-order valence-electron chi connectivity index (χ0n) is 8.19. The molecule has 0 fully saturated rings. The van der Waals surface area contributed by atoms with E-state index in [0.717, 1.165) is 11.5 Å². The predicted octanol–water partition coefficient (Wildman–Crippen LogP) is 3.78. The van der Waals surface area contributed by atoms with Crippen LogP contribution in [0.3, 0.4) is 0 Å². The Morgan fingerprint density at radius 2 is 2.23 bits per heavy atom. The van der Waals surface area contributed by atoms with Crippen LogP contribution >= 0.6 is 23.2 Å². The lowest BCUT2D eigenvalue weighted by Gasteiger charge is -2.20. The van der Waals surface area contributed by atoms with Gasteiger partial charge in [-0.25, -0.2) is 0 Å². The SMILES string of the molecule is C[SiH](C)CC1CC=C(CCl)C=C1Cl. The molecule has 3 heteroatoms. The highest BCUT2D eigenvalue weighted by Gasteiger charge is 2.17. The van der Waals surface area contributed by atoms with E-state index in [4.69, 9.17) is 23.2 Å². The molecule has 1 atom stereocenters. The van der Waals surface area contributed by atoms with E-state index >= 15 is 0 Å². The summed E-state index contributed by atoms with van der Waals surface area (Å²) in [6.45, 7) is 4.73. The fraction of sp³-hybridized carbons (Fsp3) is 0.600. The molecule has 0 saturated carbocycles. The first-order valence-corrected chi connectivity index (χ1v) is 8.79. The van der Waals surface area contributed by atoms with Gasteiger partial charge in [0, 0.05) is 19.7 Å². The van der Waals surface area contributed by atoms with Crippen LogP contribution in [-0.4, -0.2) is 14.7 Å². The average molecular weight is 235 g/mol. The highest BCUT2D eigenvalue weighted by atomic mass is 35.5. The van der Waals surface area contributed by atoms with Gasteiger partial charge in [0.1, 0.15) is 0 Å². The van der Waals surface area contributed by atoms with E-state index in [1.807, 2.05) is 6.08 Å². The van der Waals surface area contributed by atoms with Gasteiger partial charge in [-0.3, -0.25) is 0 Å². The number of alkyl halides is 1. The Morgan fingerprint density at radius 1 is 1.54 bits per heavy atom. The second-order valence-corrected chi connectivity index (χ2v) is 7.97. The Hall–Kier alpha value is 0.277. The van der Waals surface area contributed by atoms with Crippen molar-refractivity contribution in [2.75, 3.05) is 5.88 Å². The number of rotatable bonds is 3. The lowest BCUT2D eigenvalue weighted by atomic mass is 9.99. The highest BCUT2D eigenvalue weighted by molar-refractivity contribution is 6.56. The Kier molecular flexibility index (Phi) is 4.57. The second kappa shape index (κ2) is 5.23. The molecule has 1 unspecified atom stereocenters. The van der Waals surface area contributed by atoms with Crippen molar-refractivity contribution in [2.24, 2.45) is 5.92 Å². The highest BCUT2D eigenvalue weighted by Crippen LogP contribution is 2.31. The van der Waals surface area contributed by atoms with Crippen LogP contribution in [0.5, 0.6) is 0 Å². The lowest BCUT2D eigenvalue weighted by molar-refractivity contribution is 0.707. The summed E-state index contributed by atoms with van der Waals surface area (Å²) in [5.74, 6) is 1.17. The molecule has 0 heterocycles. The summed E-state index contributed by atoms with van der Waals surface area (Å²) < 4.78 is 0. The molecule has 74 valence electrons. The van der Waals surface area contributed by atoms with Crippen molar-refractivity contribution in [1.29, 1.82) is 0 Å². The van der Waals surface area contributed by atoms with Gasteiger partial charge >= 0.3 is 0 Å². The van der Waals surface area contributed by atoms with Gasteiger partial charge in [0.05, 0.1) is 0 Å². The first-order valence-electron chi connectivity index (χ1n) is 4.75. The minimum Gasteiger partial charge on any atom is -0.122 e. The van der Waals surface area contributed by atoms with Crippen LogP contribution in [0.15, 0.2) is 22.8 Å². The third-order valence-corrected chi connectivity index (χ3v) is 4.53. The minimum atomic E-state index is -0.499. The van der Waals surface area contributed by atoms with Gasteiger partial charge in [0.15, 0.2) is 0 Å². The molecule has 13 heavy (non-hydrogen) atoms. The van der Waals surface area contributed by atoms with E-state index < -0.39 is 8.80 Å². The second-order valence-electron chi connectivity index (χ2n) is 4.00. The van der Waals surface area contributed by atoms with Gasteiger partial charge in [0.25, 0.3) is 0 Å². The largest absolute Gasteiger partial charge is 0.122 e. The molecule has 0 saturated heterocycles. The summed E-state index contributed by atoms with van der Waals surface area (Å²) in [4.78, 5) is 0. The van der Waals surface area contributed by atoms with Gasteiger partial charge < -0.3 is 0 Å². The number of allylic oxidation sites excluding steroid dienone is 4. The molecule has 0 amide bonds. The van der Waals surface area contributed by atoms with Crippen LogP contribution in [0, 0.1) is 5.92 Å². The van der Waals surface area contributed by atoms with Crippen molar-refractivity contribution >= 4 is 32.0 Å². The third kappa shape index (κ3) is 3.49. The van der Waals surface area contributed by atoms with E-state index in [1.54, 1.807) is 0 Å². The summed E-state index contributed by atoms with van der Waals surface area (Å²) in [5.41, 5.74) is 1.17. The molecule has 1 rings (SSSR count). The fourth-order valence-corrected chi connectivity index (χ4v) is 3.87. The van der Waals surface area contributed by atoms with E-state index in [9.17, 15) is 0 Å². The molecule has 0 bridgehead atoms. The number of hydrogen-bond donors (Lipinski definition) is 0. The summed E-state index contributed by atoms with van der Waals surface area (Å²) in [5, 5.41) is 1.01. The topological polar surface area (TPSA) is 0 Å². The average Bonchev–Trinajstić information content (AvgIpc) is 2.08. The van der Waals surface area contributed by atoms with Crippen molar-refractivity contribution in [2.45, 2.75) is 25.6 Å². The molecule has 0 nitrogen and oxygen atoms in total. The molecule has 0 aromatic heterocycles. The molecule has 0 radical (unpaired) electrons. The van der Waals surface area contributed by atoms with E-state index in [2.05, 4.69) is 19.2 Å². The molecule has 0 aromatic rings. The molecular formula is C10H16Cl2Si. The van der Waals surface area contributed by atoms with Crippen molar-refractivity contribution < 1.29 is 0 Å². The van der Waals surface area contributed by atoms with Crippen molar-refractivity contribution in [1.82, 2.24) is 0 Å². The maximum Gasteiger partial charge on any atom is 0.0471 e. The lowest BCUT2D eigenvalue weighted by Crippen LogP contribution is -2.12. The minimum absolute atomic E-state index is 0.499. The maximum atomic E-state index is 6.18. The Labute approximate surface area is 92.2 Å². The molecule has 0 spiro atoms. The Morgan fingerprint density at radius 3 is 2.69 bits per heavy atom. The van der Waals surface area contributed by atoms with Crippen LogP contribution in [-0.2, 0) is 0 Å². The van der Waals surface area contributed by atoms with E-state index in [-0.39, 0.29) is 0 Å². The van der Waals surface area contributed by atoms with E-state index in [0.29, 0.717) is 11.8 Å². The molecule has 1 aliphatic rings. The van der Waals surface area contributed by atoms with Crippen LogP contribution in [0.2, 0.25) is 19.1 Å². The summed E-state index contributed by atoms with van der Waals surface area (Å²) in [6.07, 6.45) is 5.35. The molecule has 0 N–H and O–H groups in total. The Balaban J connectivity index is 2.57. The summed E-state index contributed by atoms with van der Waals surface area (Å²) in [7, 11) is -0.499. The third-order valence-electron chi connectivity index (χ3n) is 2.29. The summed E-state index contributed by atoms with van der Waals surface area (Å²) in [6, 6.07) is 1.31. The van der Waals surface area contributed by atoms with Gasteiger partial charge in [0.2, 0.25) is 0 Å². The van der Waals surface area contributed by atoms with Crippen LogP contribution in [0.1, 0.15) is 6.42 Å². The van der Waals surface area contributed by atoms with Crippen molar-refractivity contribution in [3.8, 4) is 0 Å². The summed E-state index contributed by atoms with van der Waals surface area (Å²) >= 11 is 11.9. The number of hydrogen-bond acceptors (Lipinski definition) is 0. The van der Waals surface area contributed by atoms with Gasteiger partial charge in [-0.15, -0.1) is 11.6 Å². The fourth-order valence-electron chi connectivity index (χ4n) is 1.63. The van der Waals surface area contributed by atoms with Crippen LogP contribution < -0.4 is 0 Å². The number of halogens is 2. The van der Waals surface area contributed by atoms with Gasteiger partial charge in [-0.1, -0.05) is 36.8 Å². The maximum absolute atomic E-state index is 6.18. The standard InChI is InChI=1S/C10H16Cl2Si/c1-13(2)7-9-4-3-8(6-11)5-10(9)12/h3,5,9,13H,4,6-7H2,1-2H3. The molecular weight excluding hydrogens is 219 g/mol. The van der Waals surface area contributed by atoms with Crippen LogP contribution in [0.4, 0.5) is 0 Å². The smallest absolute Gasteiger partial charge is 0.0471 e. The van der Waals surface area contributed by atoms with Crippen molar-refractivity contribution in [3.63, 3.8) is 0 Å². The first-order chi connectivity index (χ1) is 6.13. The monoisotopic (exact) mass is 234 g/mol. The quantitative estimate of drug-likeness (QED) is 0.516. The predicted molar refractivity (Wildman–Crippen MR) is 64.5 cm³/mol. The van der Waals surface area contributed by atoms with Gasteiger partial charge in [-0.05, 0) is 24.0 Å².